The van der Waals surface area contributed by atoms with E-state index in [1.54, 1.807) is 7.11 Å². The van der Waals surface area contributed by atoms with Gasteiger partial charge in [0, 0.05) is 0 Å². The van der Waals surface area contributed by atoms with Crippen LogP contribution in [0.5, 0.6) is 0 Å². The molecule has 0 unspecified atom stereocenters. The zero-order valence-electron chi connectivity index (χ0n) is 5.35. The maximum atomic E-state index is 4.58. The van der Waals surface area contributed by atoms with Gasteiger partial charge < -0.3 is 4.84 Å². The second-order valence-corrected chi connectivity index (χ2v) is 2.35. The van der Waals surface area contributed by atoms with Gasteiger partial charge in [0.05, 0.1) is 5.71 Å². The third kappa shape index (κ3) is 0.997. The van der Waals surface area contributed by atoms with Crippen LogP contribution in [0.15, 0.2) is 5.16 Å². The van der Waals surface area contributed by atoms with Crippen LogP contribution in [0.4, 0.5) is 0 Å². The van der Waals surface area contributed by atoms with E-state index >= 15 is 0 Å². The molecule has 2 heteroatoms. The molecular formula is C6H11NO. The van der Waals surface area contributed by atoms with E-state index < -0.39 is 0 Å². The summed E-state index contributed by atoms with van der Waals surface area (Å²) >= 11 is 0. The van der Waals surface area contributed by atoms with Gasteiger partial charge in [-0.05, 0) is 18.8 Å². The van der Waals surface area contributed by atoms with E-state index in [4.69, 9.17) is 0 Å². The molecule has 1 saturated carbocycles. The molecule has 0 aromatic heterocycles. The molecule has 1 aliphatic carbocycles. The number of nitrogens with zero attached hydrogens (tertiary/aromatic N) is 1. The molecule has 0 amide bonds. The Bertz CT molecular complexity index is 101. The molecule has 0 aromatic rings. The first kappa shape index (κ1) is 5.60. The molecule has 8 heavy (non-hydrogen) atoms. The van der Waals surface area contributed by atoms with E-state index in [2.05, 4.69) is 16.9 Å². The van der Waals surface area contributed by atoms with Gasteiger partial charge in [0.1, 0.15) is 7.11 Å². The van der Waals surface area contributed by atoms with Crippen molar-refractivity contribution < 1.29 is 4.84 Å². The van der Waals surface area contributed by atoms with Crippen molar-refractivity contribution in [1.82, 2.24) is 0 Å². The standard InChI is InChI=1S/C6H11NO/c1-5-3-6(4-5)7-8-2/h5H,3-4H2,1-2H3. The highest BCUT2D eigenvalue weighted by Crippen LogP contribution is 2.22. The van der Waals surface area contributed by atoms with Crippen molar-refractivity contribution in [3.05, 3.63) is 0 Å². The lowest BCUT2D eigenvalue weighted by Crippen LogP contribution is -2.20. The van der Waals surface area contributed by atoms with E-state index in [0.29, 0.717) is 0 Å². The molecule has 46 valence electrons. The van der Waals surface area contributed by atoms with Gasteiger partial charge in [-0.3, -0.25) is 0 Å². The van der Waals surface area contributed by atoms with Crippen LogP contribution < -0.4 is 0 Å². The fourth-order valence-electron chi connectivity index (χ4n) is 0.948. The van der Waals surface area contributed by atoms with Crippen molar-refractivity contribution in [1.29, 1.82) is 0 Å². The van der Waals surface area contributed by atoms with E-state index in [0.717, 1.165) is 18.8 Å². The normalized spacial score (nSPS) is 26.8. The Morgan fingerprint density at radius 1 is 1.62 bits per heavy atom. The molecule has 0 aromatic carbocycles. The summed E-state index contributed by atoms with van der Waals surface area (Å²) in [5.74, 6) is 0.837. The lowest BCUT2D eigenvalue weighted by Gasteiger charge is -2.21. The predicted octanol–water partition coefficient (Wildman–Crippen LogP) is 1.42. The van der Waals surface area contributed by atoms with E-state index in [1.807, 2.05) is 0 Å². The summed E-state index contributed by atoms with van der Waals surface area (Å²) in [6, 6.07) is 0. The number of hydrogen-bond donors (Lipinski definition) is 0. The molecule has 2 nitrogen and oxygen atoms in total. The first-order valence-electron chi connectivity index (χ1n) is 2.92. The largest absolute Gasteiger partial charge is 0.399 e. The fourth-order valence-corrected chi connectivity index (χ4v) is 0.948. The minimum atomic E-state index is 0.837. The zero-order chi connectivity index (χ0) is 5.98. The topological polar surface area (TPSA) is 21.6 Å². The van der Waals surface area contributed by atoms with E-state index in [9.17, 15) is 0 Å². The average molecular weight is 113 g/mol. The third-order valence-electron chi connectivity index (χ3n) is 1.39. The summed E-state index contributed by atoms with van der Waals surface area (Å²) in [5, 5.41) is 3.80. The molecule has 1 fully saturated rings. The first-order valence-corrected chi connectivity index (χ1v) is 2.92. The molecule has 0 N–H and O–H groups in total. The Labute approximate surface area is 49.5 Å². The number of oxime groups is 1. The van der Waals surface area contributed by atoms with Crippen molar-refractivity contribution in [2.75, 3.05) is 7.11 Å². The molecule has 0 bridgehead atoms. The van der Waals surface area contributed by atoms with Gasteiger partial charge in [-0.25, -0.2) is 0 Å². The molecule has 0 aliphatic heterocycles. The van der Waals surface area contributed by atoms with Gasteiger partial charge in [-0.1, -0.05) is 12.1 Å². The molecule has 0 heterocycles. The maximum Gasteiger partial charge on any atom is 0.106 e. The Morgan fingerprint density at radius 3 is 2.62 bits per heavy atom. The van der Waals surface area contributed by atoms with Crippen LogP contribution in [0.1, 0.15) is 19.8 Å². The Morgan fingerprint density at radius 2 is 2.25 bits per heavy atom. The highest BCUT2D eigenvalue weighted by Gasteiger charge is 2.19. The lowest BCUT2D eigenvalue weighted by molar-refractivity contribution is 0.207. The second kappa shape index (κ2) is 2.16. The van der Waals surface area contributed by atoms with E-state index in [-0.39, 0.29) is 0 Å². The molecule has 1 aliphatic rings. The predicted molar refractivity (Wildman–Crippen MR) is 32.8 cm³/mol. The summed E-state index contributed by atoms with van der Waals surface area (Å²) in [7, 11) is 1.59. The van der Waals surface area contributed by atoms with Crippen LogP contribution in [0, 0.1) is 5.92 Å². The Hall–Kier alpha value is -0.530. The van der Waals surface area contributed by atoms with Crippen LogP contribution in [0.3, 0.4) is 0 Å². The average Bonchev–Trinajstić information content (AvgIpc) is 1.64. The van der Waals surface area contributed by atoms with Crippen LogP contribution in [-0.2, 0) is 4.84 Å². The highest BCUT2D eigenvalue weighted by atomic mass is 16.6. The smallest absolute Gasteiger partial charge is 0.106 e. The summed E-state index contributed by atoms with van der Waals surface area (Å²) in [6.45, 7) is 2.22. The SMILES string of the molecule is CON=C1CC(C)C1. The van der Waals surface area contributed by atoms with Crippen molar-refractivity contribution in [2.45, 2.75) is 19.8 Å². The summed E-state index contributed by atoms with van der Waals surface area (Å²) in [5.41, 5.74) is 1.21. The monoisotopic (exact) mass is 113 g/mol. The van der Waals surface area contributed by atoms with Gasteiger partial charge >= 0.3 is 0 Å². The molecule has 0 radical (unpaired) electrons. The van der Waals surface area contributed by atoms with Crippen molar-refractivity contribution in [2.24, 2.45) is 11.1 Å². The molecule has 0 saturated heterocycles. The summed E-state index contributed by atoms with van der Waals surface area (Å²) in [6.07, 6.45) is 2.27. The van der Waals surface area contributed by atoms with Crippen molar-refractivity contribution >= 4 is 5.71 Å². The molecule has 0 atom stereocenters. The van der Waals surface area contributed by atoms with Gasteiger partial charge in [-0.15, -0.1) is 0 Å². The maximum absolute atomic E-state index is 4.58. The zero-order valence-corrected chi connectivity index (χ0v) is 5.35. The van der Waals surface area contributed by atoms with Crippen LogP contribution in [0.25, 0.3) is 0 Å². The van der Waals surface area contributed by atoms with E-state index in [1.165, 1.54) is 5.71 Å². The second-order valence-electron chi connectivity index (χ2n) is 2.35. The number of hydrogen-bond acceptors (Lipinski definition) is 2. The third-order valence-corrected chi connectivity index (χ3v) is 1.39. The molecule has 0 spiro atoms. The molecule has 1 rings (SSSR count). The number of rotatable bonds is 1. The quantitative estimate of drug-likeness (QED) is 0.471. The van der Waals surface area contributed by atoms with Crippen LogP contribution in [-0.4, -0.2) is 12.8 Å². The minimum Gasteiger partial charge on any atom is -0.399 e. The van der Waals surface area contributed by atoms with Gasteiger partial charge in [0.15, 0.2) is 0 Å². The van der Waals surface area contributed by atoms with Gasteiger partial charge in [0.25, 0.3) is 0 Å². The first-order chi connectivity index (χ1) is 3.83. The molecular weight excluding hydrogens is 102 g/mol. The van der Waals surface area contributed by atoms with Crippen LogP contribution in [0.2, 0.25) is 0 Å². The van der Waals surface area contributed by atoms with Crippen molar-refractivity contribution in [3.63, 3.8) is 0 Å². The Kier molecular flexibility index (Phi) is 1.51. The lowest BCUT2D eigenvalue weighted by atomic mass is 9.85. The van der Waals surface area contributed by atoms with Crippen molar-refractivity contribution in [3.8, 4) is 0 Å². The highest BCUT2D eigenvalue weighted by molar-refractivity contribution is 5.89. The van der Waals surface area contributed by atoms with Gasteiger partial charge in [0.2, 0.25) is 0 Å². The Balaban J connectivity index is 2.23. The van der Waals surface area contributed by atoms with Crippen LogP contribution >= 0.6 is 0 Å². The van der Waals surface area contributed by atoms with Gasteiger partial charge in [-0.2, -0.15) is 0 Å². The fraction of sp³-hybridized carbons (Fsp3) is 0.833. The summed E-state index contributed by atoms with van der Waals surface area (Å²) in [4.78, 5) is 4.58. The minimum absolute atomic E-state index is 0.837. The summed E-state index contributed by atoms with van der Waals surface area (Å²) < 4.78 is 0.